The zero-order valence-electron chi connectivity index (χ0n) is 22.8. The van der Waals surface area contributed by atoms with E-state index in [-0.39, 0.29) is 0 Å². The summed E-state index contributed by atoms with van der Waals surface area (Å²) >= 11 is 0. The van der Waals surface area contributed by atoms with E-state index in [2.05, 4.69) is 58.3 Å². The molecule has 1 aliphatic rings. The number of benzene rings is 1. The van der Waals surface area contributed by atoms with E-state index in [1.165, 1.54) is 5.56 Å². The summed E-state index contributed by atoms with van der Waals surface area (Å²) in [4.78, 5) is 33.9. The van der Waals surface area contributed by atoms with Crippen molar-refractivity contribution in [3.05, 3.63) is 42.2 Å². The average molecular weight is 558 g/mol. The van der Waals surface area contributed by atoms with Crippen molar-refractivity contribution in [3.63, 3.8) is 0 Å². The number of nitrogens with one attached hydrogen (secondary N) is 2. The fourth-order valence-corrected chi connectivity index (χ4v) is 4.55. The van der Waals surface area contributed by atoms with Gasteiger partial charge in [-0.3, -0.25) is 0 Å². The summed E-state index contributed by atoms with van der Waals surface area (Å²) in [6.45, 7) is 5.11. The van der Waals surface area contributed by atoms with Gasteiger partial charge in [0.15, 0.2) is 29.2 Å². The zero-order valence-corrected chi connectivity index (χ0v) is 22.8. The molecule has 0 bridgehead atoms. The second-order valence-corrected chi connectivity index (χ2v) is 9.85. The molecule has 13 nitrogen and oxygen atoms in total. The van der Waals surface area contributed by atoms with Crippen LogP contribution in [-0.2, 0) is 16.1 Å². The lowest BCUT2D eigenvalue weighted by Crippen LogP contribution is -2.39. The third-order valence-electron chi connectivity index (χ3n) is 6.97. The van der Waals surface area contributed by atoms with Crippen LogP contribution in [0.3, 0.4) is 0 Å². The molecule has 40 heavy (non-hydrogen) atoms. The van der Waals surface area contributed by atoms with Crippen LogP contribution in [0.4, 0.5) is 11.8 Å². The van der Waals surface area contributed by atoms with Crippen molar-refractivity contribution in [2.45, 2.75) is 89.3 Å². The Morgan fingerprint density at radius 3 is 2.15 bits per heavy atom. The van der Waals surface area contributed by atoms with Crippen LogP contribution in [0, 0.1) is 0 Å². The molecule has 1 aliphatic carbocycles. The number of aliphatic hydroxyl groups excluding tert-OH is 2. The molecular formula is C27H39N7O6. The van der Waals surface area contributed by atoms with Crippen molar-refractivity contribution in [3.8, 4) is 0 Å². The predicted octanol–water partition coefficient (Wildman–Crippen LogP) is 2.36. The van der Waals surface area contributed by atoms with Gasteiger partial charge in [0, 0.05) is 24.7 Å². The van der Waals surface area contributed by atoms with E-state index >= 15 is 0 Å². The number of imidazole rings is 1. The van der Waals surface area contributed by atoms with E-state index in [9.17, 15) is 9.59 Å². The summed E-state index contributed by atoms with van der Waals surface area (Å²) in [5, 5.41) is 39.6. The molecule has 2 atom stereocenters. The van der Waals surface area contributed by atoms with Crippen molar-refractivity contribution in [1.82, 2.24) is 19.5 Å². The molecule has 0 aliphatic heterocycles. The number of rotatable bonds is 11. The minimum absolute atomic E-state index is 0.325. The lowest BCUT2D eigenvalue weighted by Gasteiger charge is -2.27. The van der Waals surface area contributed by atoms with Crippen LogP contribution < -0.4 is 16.4 Å². The van der Waals surface area contributed by atoms with E-state index in [1.54, 1.807) is 0 Å². The number of hydrogen-bond acceptors (Lipinski definition) is 10. The van der Waals surface area contributed by atoms with Gasteiger partial charge in [0.25, 0.3) is 0 Å². The lowest BCUT2D eigenvalue weighted by molar-refractivity contribution is -0.165. The first-order chi connectivity index (χ1) is 19.1. The number of nitrogens with zero attached hydrogens (tertiary/aromatic N) is 4. The van der Waals surface area contributed by atoms with Crippen LogP contribution in [-0.4, -0.2) is 76.2 Å². The van der Waals surface area contributed by atoms with Crippen molar-refractivity contribution in [2.75, 3.05) is 10.6 Å². The number of nitrogens with two attached hydrogens (primary N) is 1. The van der Waals surface area contributed by atoms with Crippen molar-refractivity contribution < 1.29 is 30.0 Å². The number of carboxylic acid groups (broad SMARTS) is 2. The first-order valence-electron chi connectivity index (χ1n) is 13.5. The van der Waals surface area contributed by atoms with E-state index in [1.807, 2.05) is 12.4 Å². The molecule has 0 radical (unpaired) electrons. The number of carbonyl (C=O) groups is 2. The first kappa shape index (κ1) is 30.7. The molecule has 0 spiro atoms. The number of anilines is 2. The molecule has 218 valence electrons. The molecule has 8 N–H and O–H groups in total. The summed E-state index contributed by atoms with van der Waals surface area (Å²) in [6, 6.07) is 11.4. The standard InChI is InChI=1S/C23H33N7.C4H6O6/c1-3-19(4-2)30-15-26-20-21(25-14-16-8-6-5-7-9-16)28-23(29-22(20)30)27-18-12-10-17(24)11-13-18;5-1(3(7)8)2(6)4(9)10/h5-9,15,17-19H,3-4,10-14,24H2,1-2H3,(H2,25,27,28,29);1-2,5-6H,(H,7,8)(H,9,10)/t17-,18-;. The fourth-order valence-electron chi connectivity index (χ4n) is 4.55. The Morgan fingerprint density at radius 1 is 1.00 bits per heavy atom. The topological polar surface area (TPSA) is 209 Å². The fraction of sp³-hybridized carbons (Fsp3) is 0.519. The highest BCUT2D eigenvalue weighted by atomic mass is 16.4. The molecular weight excluding hydrogens is 518 g/mol. The monoisotopic (exact) mass is 557 g/mol. The summed E-state index contributed by atoms with van der Waals surface area (Å²) in [7, 11) is 0. The molecule has 1 fully saturated rings. The van der Waals surface area contributed by atoms with Gasteiger partial charge in [-0.1, -0.05) is 44.2 Å². The third kappa shape index (κ3) is 8.10. The maximum Gasteiger partial charge on any atom is 0.335 e. The van der Waals surface area contributed by atoms with E-state index in [4.69, 9.17) is 36.1 Å². The minimum atomic E-state index is -2.27. The molecule has 2 heterocycles. The van der Waals surface area contributed by atoms with E-state index in [0.29, 0.717) is 30.6 Å². The lowest BCUT2D eigenvalue weighted by atomic mass is 9.92. The molecule has 3 aromatic rings. The molecule has 1 aromatic carbocycles. The molecule has 1 saturated carbocycles. The van der Waals surface area contributed by atoms with Gasteiger partial charge in [-0.05, 0) is 44.1 Å². The molecule has 4 rings (SSSR count). The van der Waals surface area contributed by atoms with E-state index < -0.39 is 24.1 Å². The Morgan fingerprint density at radius 2 is 1.60 bits per heavy atom. The quantitative estimate of drug-likeness (QED) is 0.181. The Balaban J connectivity index is 0.000000378. The number of carboxylic acids is 2. The maximum absolute atomic E-state index is 9.77. The largest absolute Gasteiger partial charge is 0.479 e. The highest BCUT2D eigenvalue weighted by molar-refractivity contribution is 5.84. The summed E-state index contributed by atoms with van der Waals surface area (Å²) in [6.07, 6.45) is 3.67. The van der Waals surface area contributed by atoms with Gasteiger partial charge in [0.2, 0.25) is 5.95 Å². The van der Waals surface area contributed by atoms with Gasteiger partial charge in [-0.2, -0.15) is 9.97 Å². The minimum Gasteiger partial charge on any atom is -0.479 e. The molecule has 0 saturated heterocycles. The third-order valence-corrected chi connectivity index (χ3v) is 6.97. The van der Waals surface area contributed by atoms with Gasteiger partial charge < -0.3 is 41.4 Å². The Bertz CT molecular complexity index is 1220. The van der Waals surface area contributed by atoms with Crippen LogP contribution in [0.25, 0.3) is 11.2 Å². The Labute approximate surface area is 232 Å². The molecule has 13 heteroatoms. The van der Waals surface area contributed by atoms with Gasteiger partial charge in [-0.25, -0.2) is 14.6 Å². The smallest absolute Gasteiger partial charge is 0.335 e. The van der Waals surface area contributed by atoms with Crippen LogP contribution >= 0.6 is 0 Å². The van der Waals surface area contributed by atoms with Crippen LogP contribution in [0.15, 0.2) is 36.7 Å². The normalized spacial score (nSPS) is 18.4. The highest BCUT2D eigenvalue weighted by Gasteiger charge is 2.29. The Kier molecular flexibility index (Phi) is 11.2. The number of aliphatic hydroxyl groups is 2. The molecule has 0 amide bonds. The molecule has 2 aromatic heterocycles. The number of fused-ring (bicyclic) bond motifs is 1. The van der Waals surface area contributed by atoms with Gasteiger partial charge >= 0.3 is 11.9 Å². The van der Waals surface area contributed by atoms with Crippen LogP contribution in [0.2, 0.25) is 0 Å². The van der Waals surface area contributed by atoms with Crippen molar-refractivity contribution in [2.24, 2.45) is 5.73 Å². The van der Waals surface area contributed by atoms with Gasteiger partial charge in [0.1, 0.15) is 0 Å². The first-order valence-corrected chi connectivity index (χ1v) is 13.5. The summed E-state index contributed by atoms with van der Waals surface area (Å²) in [5.74, 6) is -2.08. The van der Waals surface area contributed by atoms with Crippen LogP contribution in [0.5, 0.6) is 0 Å². The molecule has 2 unspecified atom stereocenters. The average Bonchev–Trinajstić information content (AvgIpc) is 3.37. The second kappa shape index (κ2) is 14.5. The second-order valence-electron chi connectivity index (χ2n) is 9.85. The highest BCUT2D eigenvalue weighted by Crippen LogP contribution is 2.28. The number of aliphatic carboxylic acids is 2. The summed E-state index contributed by atoms with van der Waals surface area (Å²) < 4.78 is 2.20. The van der Waals surface area contributed by atoms with Crippen molar-refractivity contribution >= 4 is 34.9 Å². The Hall–Kier alpha value is -3.81. The van der Waals surface area contributed by atoms with Gasteiger partial charge in [-0.15, -0.1) is 0 Å². The number of hydrogen-bond donors (Lipinski definition) is 7. The van der Waals surface area contributed by atoms with Crippen molar-refractivity contribution in [1.29, 1.82) is 0 Å². The van der Waals surface area contributed by atoms with E-state index in [0.717, 1.165) is 55.5 Å². The number of aromatic nitrogens is 4. The van der Waals surface area contributed by atoms with Gasteiger partial charge in [0.05, 0.1) is 6.33 Å². The zero-order chi connectivity index (χ0) is 29.2. The maximum atomic E-state index is 9.77. The SMILES string of the molecule is CCC(CC)n1cnc2c(NCc3ccccc3)nc(N[C@H]3CC[C@H](N)CC3)nc21.O=C(O)C(O)C(O)C(=O)O. The predicted molar refractivity (Wildman–Crippen MR) is 150 cm³/mol. The summed E-state index contributed by atoms with van der Waals surface area (Å²) in [5.41, 5.74) is 9.00. The van der Waals surface area contributed by atoms with Crippen LogP contribution in [0.1, 0.15) is 64.0 Å².